The smallest absolute Gasteiger partial charge is 0.290 e. The van der Waals surface area contributed by atoms with Gasteiger partial charge in [0.05, 0.1) is 6.04 Å². The van der Waals surface area contributed by atoms with E-state index in [0.717, 1.165) is 42.9 Å². The third kappa shape index (κ3) is 7.66. The van der Waals surface area contributed by atoms with Crippen LogP contribution in [0.4, 0.5) is 0 Å². The Morgan fingerprint density at radius 1 is 1.28 bits per heavy atom. The van der Waals surface area contributed by atoms with E-state index in [2.05, 4.69) is 13.0 Å². The van der Waals surface area contributed by atoms with Crippen molar-refractivity contribution in [3.8, 4) is 5.75 Å². The molecule has 164 valence electrons. The van der Waals surface area contributed by atoms with Crippen LogP contribution in [-0.2, 0) is 16.1 Å². The van der Waals surface area contributed by atoms with Crippen molar-refractivity contribution >= 4 is 12.3 Å². The van der Waals surface area contributed by atoms with E-state index in [1.54, 1.807) is 0 Å². The average Bonchev–Trinajstić information content (AvgIpc) is 2.76. The summed E-state index contributed by atoms with van der Waals surface area (Å²) in [4.78, 5) is 18.0. The Balaban J connectivity index is 0.000000771. The molecule has 1 fully saturated rings. The molecule has 0 spiro atoms. The first-order valence-corrected chi connectivity index (χ1v) is 10.5. The second-order valence-corrected chi connectivity index (χ2v) is 7.39. The standard InChI is InChI=1S/C19H29N3O2.C2H6.CH2O2/c1-12-3-7-16(8-4-12)22-19(20)15-6-10-18-14(11-15)5-9-17(23-18)13(2)24-21;1-2;2-1-3/h6,10-13,16-17H,3-5,7-9,21H2,1-2H3,(H2,20,22);1-2H3;1H,(H,2,3). The molecule has 1 aliphatic carbocycles. The fourth-order valence-corrected chi connectivity index (χ4v) is 3.63. The second-order valence-electron chi connectivity index (χ2n) is 7.39. The van der Waals surface area contributed by atoms with E-state index in [4.69, 9.17) is 36.1 Å². The first-order chi connectivity index (χ1) is 14.0. The summed E-state index contributed by atoms with van der Waals surface area (Å²) in [7, 11) is 0. The van der Waals surface area contributed by atoms with E-state index in [1.165, 1.54) is 18.4 Å². The fourth-order valence-electron chi connectivity index (χ4n) is 3.63. The zero-order chi connectivity index (χ0) is 21.8. The minimum absolute atomic E-state index is 0.00333. The zero-order valence-electron chi connectivity index (χ0n) is 18.1. The first kappa shape index (κ1) is 24.9. The molecule has 1 aliphatic heterocycles. The van der Waals surface area contributed by atoms with Gasteiger partial charge in [0, 0.05) is 5.56 Å². The highest BCUT2D eigenvalue weighted by Gasteiger charge is 2.25. The van der Waals surface area contributed by atoms with Gasteiger partial charge in [-0.05, 0) is 75.1 Å². The summed E-state index contributed by atoms with van der Waals surface area (Å²) in [5.74, 6) is 7.65. The maximum absolute atomic E-state index is 8.36. The highest BCUT2D eigenvalue weighted by atomic mass is 16.6. The Morgan fingerprint density at radius 2 is 1.90 bits per heavy atom. The number of ether oxygens (including phenoxy) is 1. The summed E-state index contributed by atoms with van der Waals surface area (Å²) in [6.07, 6.45) is 6.53. The molecule has 7 heteroatoms. The molecule has 1 heterocycles. The van der Waals surface area contributed by atoms with Gasteiger partial charge in [0.25, 0.3) is 6.47 Å². The molecule has 2 atom stereocenters. The molecule has 0 saturated heterocycles. The number of carboxylic acid groups (broad SMARTS) is 1. The molecule has 2 unspecified atom stereocenters. The van der Waals surface area contributed by atoms with Crippen LogP contribution in [0.15, 0.2) is 23.2 Å². The van der Waals surface area contributed by atoms with Crippen LogP contribution in [0.5, 0.6) is 5.75 Å². The molecule has 0 amide bonds. The van der Waals surface area contributed by atoms with Crippen molar-refractivity contribution in [2.75, 3.05) is 0 Å². The Labute approximate surface area is 174 Å². The van der Waals surface area contributed by atoms with Gasteiger partial charge in [-0.15, -0.1) is 0 Å². The van der Waals surface area contributed by atoms with Gasteiger partial charge in [0.15, 0.2) is 0 Å². The Kier molecular flexibility index (Phi) is 11.3. The SMILES string of the molecule is CC.CC1CCC(N=C(N)c2ccc3c(c2)CCC(C(C)ON)O3)CC1.O=CO. The lowest BCUT2D eigenvalue weighted by Crippen LogP contribution is -2.36. The molecule has 0 bridgehead atoms. The molecule has 29 heavy (non-hydrogen) atoms. The highest BCUT2D eigenvalue weighted by molar-refractivity contribution is 5.98. The predicted octanol–water partition coefficient (Wildman–Crippen LogP) is 3.67. The number of amidine groups is 1. The third-order valence-electron chi connectivity index (χ3n) is 5.38. The van der Waals surface area contributed by atoms with Gasteiger partial charge in [0.1, 0.15) is 23.8 Å². The molecule has 0 radical (unpaired) electrons. The Morgan fingerprint density at radius 3 is 2.48 bits per heavy atom. The number of hydrogen-bond donors (Lipinski definition) is 3. The van der Waals surface area contributed by atoms with Gasteiger partial charge in [-0.2, -0.15) is 0 Å². The normalized spacial score (nSPS) is 24.4. The van der Waals surface area contributed by atoms with Crippen LogP contribution >= 0.6 is 0 Å². The van der Waals surface area contributed by atoms with Crippen LogP contribution < -0.4 is 16.4 Å². The number of rotatable bonds is 4. The average molecular weight is 408 g/mol. The van der Waals surface area contributed by atoms with E-state index < -0.39 is 0 Å². The first-order valence-electron chi connectivity index (χ1n) is 10.5. The zero-order valence-corrected chi connectivity index (χ0v) is 18.1. The Bertz CT molecular complexity index is 643. The molecule has 3 rings (SSSR count). The largest absolute Gasteiger partial charge is 0.487 e. The van der Waals surface area contributed by atoms with Crippen LogP contribution in [0.2, 0.25) is 0 Å². The van der Waals surface area contributed by atoms with Crippen molar-refractivity contribution in [2.45, 2.75) is 84.5 Å². The minimum atomic E-state index is -0.250. The van der Waals surface area contributed by atoms with Crippen LogP contribution in [0, 0.1) is 5.92 Å². The number of nitrogens with zero attached hydrogens (tertiary/aromatic N) is 1. The lowest BCUT2D eigenvalue weighted by molar-refractivity contribution is -0.122. The van der Waals surface area contributed by atoms with Crippen molar-refractivity contribution in [2.24, 2.45) is 22.5 Å². The molecule has 2 aliphatic rings. The number of nitrogens with two attached hydrogens (primary N) is 2. The monoisotopic (exact) mass is 407 g/mol. The molecule has 1 aromatic carbocycles. The Hall–Kier alpha value is -2.12. The molecule has 5 N–H and O–H groups in total. The van der Waals surface area contributed by atoms with E-state index in [0.29, 0.717) is 11.9 Å². The van der Waals surface area contributed by atoms with Crippen LogP contribution in [0.25, 0.3) is 0 Å². The number of aliphatic imine (C=N–C) groups is 1. The maximum Gasteiger partial charge on any atom is 0.290 e. The maximum atomic E-state index is 8.36. The summed E-state index contributed by atoms with van der Waals surface area (Å²) in [6, 6.07) is 6.48. The van der Waals surface area contributed by atoms with Crippen LogP contribution in [-0.4, -0.2) is 35.7 Å². The molecular formula is C22H37N3O4. The molecule has 0 aromatic heterocycles. The van der Waals surface area contributed by atoms with Crippen molar-refractivity contribution < 1.29 is 19.5 Å². The molecule has 7 nitrogen and oxygen atoms in total. The molecule has 1 aromatic rings. The lowest BCUT2D eigenvalue weighted by Gasteiger charge is -2.29. The van der Waals surface area contributed by atoms with Gasteiger partial charge in [0.2, 0.25) is 0 Å². The highest BCUT2D eigenvalue weighted by Crippen LogP contribution is 2.30. The number of fused-ring (bicyclic) bond motifs is 1. The second kappa shape index (κ2) is 13.2. The van der Waals surface area contributed by atoms with Gasteiger partial charge < -0.3 is 15.6 Å². The fraction of sp³-hybridized carbons (Fsp3) is 0.636. The number of carbonyl (C=O) groups is 1. The number of aryl methyl sites for hydroxylation is 1. The predicted molar refractivity (Wildman–Crippen MR) is 116 cm³/mol. The van der Waals surface area contributed by atoms with Crippen LogP contribution in [0.1, 0.15) is 70.9 Å². The van der Waals surface area contributed by atoms with Crippen molar-refractivity contribution in [1.82, 2.24) is 0 Å². The molecular weight excluding hydrogens is 370 g/mol. The summed E-state index contributed by atoms with van der Waals surface area (Å²) in [5, 5.41) is 6.89. The lowest BCUT2D eigenvalue weighted by atomic mass is 9.87. The summed E-state index contributed by atoms with van der Waals surface area (Å²) < 4.78 is 6.00. The van der Waals surface area contributed by atoms with E-state index >= 15 is 0 Å². The van der Waals surface area contributed by atoms with Gasteiger partial charge in [-0.25, -0.2) is 5.90 Å². The summed E-state index contributed by atoms with van der Waals surface area (Å²) >= 11 is 0. The van der Waals surface area contributed by atoms with Crippen molar-refractivity contribution in [1.29, 1.82) is 0 Å². The number of hydrogen-bond acceptors (Lipinski definition) is 5. The van der Waals surface area contributed by atoms with Crippen molar-refractivity contribution in [3.63, 3.8) is 0 Å². The van der Waals surface area contributed by atoms with Gasteiger partial charge >= 0.3 is 0 Å². The summed E-state index contributed by atoms with van der Waals surface area (Å²) in [5.41, 5.74) is 8.44. The number of benzene rings is 1. The van der Waals surface area contributed by atoms with Crippen LogP contribution in [0.3, 0.4) is 0 Å². The minimum Gasteiger partial charge on any atom is -0.487 e. The topological polar surface area (TPSA) is 120 Å². The van der Waals surface area contributed by atoms with Crippen molar-refractivity contribution in [3.05, 3.63) is 29.3 Å². The van der Waals surface area contributed by atoms with Gasteiger partial charge in [-0.3, -0.25) is 14.6 Å². The van der Waals surface area contributed by atoms with E-state index in [1.807, 2.05) is 32.9 Å². The van der Waals surface area contributed by atoms with E-state index in [-0.39, 0.29) is 18.7 Å². The third-order valence-corrected chi connectivity index (χ3v) is 5.38. The summed E-state index contributed by atoms with van der Waals surface area (Å²) in [6.45, 7) is 8.00. The quantitative estimate of drug-likeness (QED) is 0.303. The molecule has 1 saturated carbocycles. The van der Waals surface area contributed by atoms with Gasteiger partial charge in [-0.1, -0.05) is 20.8 Å². The van der Waals surface area contributed by atoms with E-state index in [9.17, 15) is 0 Å².